The number of hydrogen-bond donors (Lipinski definition) is 1. The molecule has 0 spiro atoms. The van der Waals surface area contributed by atoms with Crippen molar-refractivity contribution in [1.29, 1.82) is 0 Å². The molecule has 2 aliphatic heterocycles. The van der Waals surface area contributed by atoms with Crippen LogP contribution in [0, 0.1) is 6.92 Å². The average Bonchev–Trinajstić information content (AvgIpc) is 2.92. The fourth-order valence-corrected chi connectivity index (χ4v) is 5.07. The summed E-state index contributed by atoms with van der Waals surface area (Å²) in [5.74, 6) is -1.26. The number of nitrogens with zero attached hydrogens (tertiary/aromatic N) is 4. The fraction of sp³-hybridized carbons (Fsp3) is 0.320. The topological polar surface area (TPSA) is 61.4 Å². The van der Waals surface area contributed by atoms with Gasteiger partial charge >= 0.3 is 12.1 Å². The van der Waals surface area contributed by atoms with E-state index in [4.69, 9.17) is 0 Å². The van der Waals surface area contributed by atoms with Gasteiger partial charge in [-0.1, -0.05) is 12.1 Å². The Bertz CT molecular complexity index is 1230. The maximum absolute atomic E-state index is 12.9. The van der Waals surface area contributed by atoms with E-state index in [2.05, 4.69) is 31.2 Å². The number of carbonyl (C=O) groups excluding carboxylic acids is 1. The van der Waals surface area contributed by atoms with E-state index in [1.807, 2.05) is 44.3 Å². The second-order valence-electron chi connectivity index (χ2n) is 8.74. The van der Waals surface area contributed by atoms with Gasteiger partial charge in [0.1, 0.15) is 0 Å². The summed E-state index contributed by atoms with van der Waals surface area (Å²) >= 11 is 0. The zero-order valence-electron chi connectivity index (χ0n) is 18.8. The molecule has 9 heteroatoms. The summed E-state index contributed by atoms with van der Waals surface area (Å²) in [7, 11) is 1.99. The van der Waals surface area contributed by atoms with Crippen molar-refractivity contribution < 1.29 is 18.0 Å². The maximum atomic E-state index is 12.9. The number of carbonyl (C=O) groups is 1. The molecular weight excluding hydrogens is 443 g/mol. The van der Waals surface area contributed by atoms with Crippen molar-refractivity contribution in [3.05, 3.63) is 66.0 Å². The number of hydrogen-bond acceptors (Lipinski definition) is 5. The van der Waals surface area contributed by atoms with Gasteiger partial charge in [-0.25, -0.2) is 9.97 Å². The Morgan fingerprint density at radius 2 is 1.82 bits per heavy atom. The van der Waals surface area contributed by atoms with Gasteiger partial charge in [0.25, 0.3) is 0 Å². The van der Waals surface area contributed by atoms with Crippen LogP contribution in [-0.2, 0) is 4.79 Å². The molecule has 2 aliphatic rings. The molecule has 2 atom stereocenters. The maximum Gasteiger partial charge on any atom is 0.471 e. The van der Waals surface area contributed by atoms with E-state index in [1.54, 1.807) is 18.5 Å². The second-order valence-corrected chi connectivity index (χ2v) is 8.74. The Kier molecular flexibility index (Phi) is 5.42. The third-order valence-corrected chi connectivity index (χ3v) is 6.66. The number of aromatic nitrogens is 2. The van der Waals surface area contributed by atoms with Gasteiger partial charge in [0.05, 0.1) is 17.4 Å². The molecule has 3 aromatic rings. The number of rotatable bonds is 2. The zero-order valence-corrected chi connectivity index (χ0v) is 18.8. The molecule has 0 bridgehead atoms. The molecule has 0 radical (unpaired) electrons. The number of nitrogens with one attached hydrogen (secondary N) is 1. The molecule has 1 amide bonds. The Balaban J connectivity index is 1.58. The number of piperidine rings is 1. The Morgan fingerprint density at radius 3 is 2.56 bits per heavy atom. The minimum Gasteiger partial charge on any atom is -0.363 e. The van der Waals surface area contributed by atoms with Gasteiger partial charge in [0.2, 0.25) is 0 Å². The van der Waals surface area contributed by atoms with Gasteiger partial charge in [-0.3, -0.25) is 4.79 Å². The van der Waals surface area contributed by atoms with Gasteiger partial charge < -0.3 is 15.1 Å². The molecule has 1 fully saturated rings. The van der Waals surface area contributed by atoms with E-state index in [9.17, 15) is 18.0 Å². The SMILES string of the molecule is Cc1cccc2c1C1CC(NC(=O)C(F)(F)F)CCN1c1ccc(-c3ncccn3)cc1N2C. The largest absolute Gasteiger partial charge is 0.471 e. The predicted molar refractivity (Wildman–Crippen MR) is 124 cm³/mol. The number of alkyl halides is 3. The lowest BCUT2D eigenvalue weighted by molar-refractivity contribution is -0.174. The van der Waals surface area contributed by atoms with Crippen LogP contribution in [0.3, 0.4) is 0 Å². The first-order valence-electron chi connectivity index (χ1n) is 11.1. The molecule has 1 saturated heterocycles. The summed E-state index contributed by atoms with van der Waals surface area (Å²) in [4.78, 5) is 24.7. The predicted octanol–water partition coefficient (Wildman–Crippen LogP) is 4.92. The monoisotopic (exact) mass is 467 g/mol. The van der Waals surface area contributed by atoms with Crippen LogP contribution in [0.1, 0.15) is 30.0 Å². The minimum absolute atomic E-state index is 0.175. The second kappa shape index (κ2) is 8.30. The molecule has 0 saturated carbocycles. The number of benzene rings is 2. The van der Waals surface area contributed by atoms with Crippen molar-refractivity contribution >= 4 is 23.0 Å². The van der Waals surface area contributed by atoms with Crippen molar-refractivity contribution in [3.8, 4) is 11.4 Å². The molecule has 176 valence electrons. The summed E-state index contributed by atoms with van der Waals surface area (Å²) in [6.45, 7) is 2.53. The number of fused-ring (bicyclic) bond motifs is 5. The lowest BCUT2D eigenvalue weighted by Crippen LogP contribution is -2.49. The molecule has 34 heavy (non-hydrogen) atoms. The first-order valence-corrected chi connectivity index (χ1v) is 11.1. The molecular formula is C25H24F3N5O. The van der Waals surface area contributed by atoms with Gasteiger partial charge in [0, 0.05) is 48.8 Å². The van der Waals surface area contributed by atoms with Gasteiger partial charge in [-0.05, 0) is 55.7 Å². The number of anilines is 3. The first kappa shape index (κ1) is 22.2. The molecule has 5 rings (SSSR count). The van der Waals surface area contributed by atoms with Crippen molar-refractivity contribution in [3.63, 3.8) is 0 Å². The highest BCUT2D eigenvalue weighted by Crippen LogP contribution is 2.49. The molecule has 6 nitrogen and oxygen atoms in total. The highest BCUT2D eigenvalue weighted by Gasteiger charge is 2.42. The van der Waals surface area contributed by atoms with Crippen LogP contribution in [0.4, 0.5) is 30.2 Å². The summed E-state index contributed by atoms with van der Waals surface area (Å²) in [6, 6.07) is 13.1. The molecule has 0 aliphatic carbocycles. The lowest BCUT2D eigenvalue weighted by Gasteiger charge is -2.41. The molecule has 1 N–H and O–H groups in total. The van der Waals surface area contributed by atoms with Crippen LogP contribution in [-0.4, -0.2) is 41.7 Å². The van der Waals surface area contributed by atoms with Crippen molar-refractivity contribution in [2.75, 3.05) is 23.4 Å². The quantitative estimate of drug-likeness (QED) is 0.580. The molecule has 3 heterocycles. The van der Waals surface area contributed by atoms with Gasteiger partial charge in [0.15, 0.2) is 5.82 Å². The van der Waals surface area contributed by atoms with E-state index < -0.39 is 18.1 Å². The Labute approximate surface area is 195 Å². The summed E-state index contributed by atoms with van der Waals surface area (Å²) < 4.78 is 38.7. The first-order chi connectivity index (χ1) is 16.2. The van der Waals surface area contributed by atoms with E-state index in [1.165, 1.54) is 0 Å². The van der Waals surface area contributed by atoms with Crippen molar-refractivity contribution in [2.24, 2.45) is 0 Å². The van der Waals surface area contributed by atoms with Gasteiger partial charge in [-0.2, -0.15) is 13.2 Å². The van der Waals surface area contributed by atoms with Crippen LogP contribution < -0.4 is 15.1 Å². The van der Waals surface area contributed by atoms with Crippen molar-refractivity contribution in [1.82, 2.24) is 15.3 Å². The third-order valence-electron chi connectivity index (χ3n) is 6.66. The smallest absolute Gasteiger partial charge is 0.363 e. The van der Waals surface area contributed by atoms with E-state index in [0.717, 1.165) is 33.8 Å². The van der Waals surface area contributed by atoms with E-state index >= 15 is 0 Å². The lowest BCUT2D eigenvalue weighted by atomic mass is 9.88. The summed E-state index contributed by atoms with van der Waals surface area (Å²) in [5, 5.41) is 2.21. The highest BCUT2D eigenvalue weighted by molar-refractivity contribution is 5.85. The van der Waals surface area contributed by atoms with Crippen LogP contribution >= 0.6 is 0 Å². The highest BCUT2D eigenvalue weighted by atomic mass is 19.4. The van der Waals surface area contributed by atoms with Gasteiger partial charge in [-0.15, -0.1) is 0 Å². The van der Waals surface area contributed by atoms with Crippen LogP contribution in [0.5, 0.6) is 0 Å². The Morgan fingerprint density at radius 1 is 1.06 bits per heavy atom. The van der Waals surface area contributed by atoms with Crippen molar-refractivity contribution in [2.45, 2.75) is 38.0 Å². The number of aryl methyl sites for hydroxylation is 1. The van der Waals surface area contributed by atoms with E-state index in [0.29, 0.717) is 25.2 Å². The van der Waals surface area contributed by atoms with Crippen LogP contribution in [0.25, 0.3) is 11.4 Å². The number of halogens is 3. The standard InChI is InChI=1S/C25H24F3N5O/c1-15-5-3-6-19-22(15)21-14-17(31-24(34)25(26,27)28)9-12-33(21)18-8-7-16(13-20(18)32(19)2)23-29-10-4-11-30-23/h3-8,10-11,13,17,21H,9,12,14H2,1-2H3,(H,31,34). The molecule has 2 unspecified atom stereocenters. The van der Waals surface area contributed by atoms with Crippen LogP contribution in [0.2, 0.25) is 0 Å². The Hall–Kier alpha value is -3.62. The molecule has 2 aromatic carbocycles. The van der Waals surface area contributed by atoms with Crippen LogP contribution in [0.15, 0.2) is 54.9 Å². The fourth-order valence-electron chi connectivity index (χ4n) is 5.07. The summed E-state index contributed by atoms with van der Waals surface area (Å²) in [5.41, 5.74) is 5.94. The zero-order chi connectivity index (χ0) is 24.0. The third kappa shape index (κ3) is 3.85. The molecule has 1 aromatic heterocycles. The van der Waals surface area contributed by atoms with E-state index in [-0.39, 0.29) is 6.04 Å². The average molecular weight is 467 g/mol. The number of amides is 1. The normalized spacial score (nSPS) is 19.6. The summed E-state index contributed by atoms with van der Waals surface area (Å²) in [6.07, 6.45) is -0.682. The minimum atomic E-state index is -4.89.